The maximum Gasteiger partial charge on any atom is 0.341 e. The first-order valence-corrected chi connectivity index (χ1v) is 5.54. The van der Waals surface area contributed by atoms with Crippen molar-refractivity contribution in [2.45, 2.75) is 6.42 Å². The fourth-order valence-electron chi connectivity index (χ4n) is 1.33. The molecule has 1 fully saturated rings. The van der Waals surface area contributed by atoms with Gasteiger partial charge in [0.25, 0.3) is 6.79 Å². The molecule has 7 nitrogen and oxygen atoms in total. The zero-order chi connectivity index (χ0) is 12.8. The number of ether oxygens (including phenoxy) is 1. The van der Waals surface area contributed by atoms with Crippen LogP contribution in [-0.4, -0.2) is 35.8 Å². The molecule has 0 aliphatic carbocycles. The molecular weight excluding hydrogens is 238 g/mol. The van der Waals surface area contributed by atoms with E-state index in [1.54, 1.807) is 30.3 Å². The fraction of sp³-hybridized carbons (Fsp3) is 0.364. The van der Waals surface area contributed by atoms with Crippen molar-refractivity contribution in [3.05, 3.63) is 41.1 Å². The predicted octanol–water partition coefficient (Wildman–Crippen LogP) is 1.32. The quantitative estimate of drug-likeness (QED) is 0.197. The number of carbonyl (C=O) groups is 1. The molecule has 18 heavy (non-hydrogen) atoms. The monoisotopic (exact) mass is 251 g/mol. The highest BCUT2D eigenvalue weighted by molar-refractivity contribution is 5.89. The van der Waals surface area contributed by atoms with E-state index in [0.717, 1.165) is 6.42 Å². The molecule has 0 radical (unpaired) electrons. The summed E-state index contributed by atoms with van der Waals surface area (Å²) in [5, 5.41) is 15.8. The minimum atomic E-state index is -0.521. The van der Waals surface area contributed by atoms with Gasteiger partial charge in [-0.15, -0.1) is 5.01 Å². The molecule has 0 atom stereocenters. The lowest BCUT2D eigenvalue weighted by Gasteiger charge is -2.24. The van der Waals surface area contributed by atoms with Gasteiger partial charge in [-0.3, -0.25) is 0 Å². The minimum Gasteiger partial charge on any atom is -0.569 e. The lowest BCUT2D eigenvalue weighted by atomic mass is 10.2. The van der Waals surface area contributed by atoms with Gasteiger partial charge in [0.05, 0.1) is 23.6 Å². The number of carbonyl (C=O) groups excluding carboxylic acids is 1. The number of hydrogen-bond acceptors (Lipinski definition) is 5. The van der Waals surface area contributed by atoms with E-state index in [1.807, 2.05) is 0 Å². The van der Waals surface area contributed by atoms with E-state index in [1.165, 1.54) is 5.01 Å². The van der Waals surface area contributed by atoms with Gasteiger partial charge >= 0.3 is 5.97 Å². The normalized spacial score (nSPS) is 14.9. The first-order valence-electron chi connectivity index (χ1n) is 5.54. The van der Waals surface area contributed by atoms with Crippen LogP contribution < -0.4 is 0 Å². The maximum atomic E-state index is 11.4. The summed E-state index contributed by atoms with van der Waals surface area (Å²) in [5.74, 6) is -0.521. The van der Waals surface area contributed by atoms with Gasteiger partial charge in [0.1, 0.15) is 0 Å². The van der Waals surface area contributed by atoms with Crippen molar-refractivity contribution in [3.63, 3.8) is 0 Å². The summed E-state index contributed by atoms with van der Waals surface area (Å²) in [6, 6.07) is 8.50. The Kier molecular flexibility index (Phi) is 3.95. The van der Waals surface area contributed by atoms with Crippen LogP contribution in [0.2, 0.25) is 0 Å². The van der Waals surface area contributed by atoms with Crippen molar-refractivity contribution in [2.24, 2.45) is 5.28 Å². The molecule has 0 N–H and O–H groups in total. The van der Waals surface area contributed by atoms with Gasteiger partial charge in [-0.05, 0) is 18.6 Å². The first-order chi connectivity index (χ1) is 8.77. The van der Waals surface area contributed by atoms with Crippen molar-refractivity contribution >= 4 is 5.97 Å². The average molecular weight is 251 g/mol. The van der Waals surface area contributed by atoms with Gasteiger partial charge in [0.15, 0.2) is 0 Å². The largest absolute Gasteiger partial charge is 0.569 e. The smallest absolute Gasteiger partial charge is 0.341 e. The molecular formula is C11H13N3O4. The molecule has 0 bridgehead atoms. The lowest BCUT2D eigenvalue weighted by molar-refractivity contribution is -0.723. The number of hydrogen-bond donors (Lipinski definition) is 0. The number of rotatable bonds is 5. The van der Waals surface area contributed by atoms with Crippen LogP contribution in [-0.2, 0) is 9.57 Å². The molecule has 0 saturated carbocycles. The number of nitrogens with zero attached hydrogens (tertiary/aromatic N) is 3. The van der Waals surface area contributed by atoms with E-state index >= 15 is 0 Å². The zero-order valence-electron chi connectivity index (χ0n) is 9.69. The second kappa shape index (κ2) is 5.85. The summed E-state index contributed by atoms with van der Waals surface area (Å²) in [4.78, 5) is 16.4. The van der Waals surface area contributed by atoms with Crippen molar-refractivity contribution in [1.82, 2.24) is 5.01 Å². The van der Waals surface area contributed by atoms with E-state index in [0.29, 0.717) is 23.6 Å². The van der Waals surface area contributed by atoms with Gasteiger partial charge in [0, 0.05) is 0 Å². The third-order valence-electron chi connectivity index (χ3n) is 2.45. The second-order valence-corrected chi connectivity index (χ2v) is 3.69. The SMILES string of the molecule is O=C(OCO/N=[N+](/[O-])N1CCC1)c1ccccc1. The zero-order valence-corrected chi connectivity index (χ0v) is 9.69. The van der Waals surface area contributed by atoms with E-state index in [2.05, 4.69) is 10.1 Å². The van der Waals surface area contributed by atoms with Crippen LogP contribution in [0.5, 0.6) is 0 Å². The highest BCUT2D eigenvalue weighted by Crippen LogP contribution is 2.05. The van der Waals surface area contributed by atoms with E-state index in [9.17, 15) is 10.0 Å². The standard InChI is InChI=1S/C11H13N3O4/c15-11(10-5-2-1-3-6-10)17-9-18-12-14(16)13-7-4-8-13/h1-3,5-6H,4,7-9H2/b14-12+. The summed E-state index contributed by atoms with van der Waals surface area (Å²) >= 11 is 0. The minimum absolute atomic E-state index is 0.361. The van der Waals surface area contributed by atoms with Gasteiger partial charge in [-0.25, -0.2) is 4.79 Å². The van der Waals surface area contributed by atoms with Gasteiger partial charge < -0.3 is 14.8 Å². The molecule has 1 aromatic carbocycles. The average Bonchev–Trinajstić information content (AvgIpc) is 2.33. The Labute approximate surface area is 104 Å². The van der Waals surface area contributed by atoms with Crippen LogP contribution in [0.15, 0.2) is 35.6 Å². The summed E-state index contributed by atoms with van der Waals surface area (Å²) in [7, 11) is 0. The molecule has 1 aromatic rings. The Morgan fingerprint density at radius 3 is 2.72 bits per heavy atom. The van der Waals surface area contributed by atoms with E-state index in [-0.39, 0.29) is 6.79 Å². The second-order valence-electron chi connectivity index (χ2n) is 3.69. The van der Waals surface area contributed by atoms with Crippen molar-refractivity contribution in [1.29, 1.82) is 0 Å². The lowest BCUT2D eigenvalue weighted by Crippen LogP contribution is -2.42. The Bertz CT molecular complexity index is 431. The molecule has 96 valence electrons. The number of hydrazine groups is 1. The van der Waals surface area contributed by atoms with E-state index in [4.69, 9.17) is 4.74 Å². The molecule has 0 spiro atoms. The summed E-state index contributed by atoms with van der Waals surface area (Å²) < 4.78 is 4.77. The van der Waals surface area contributed by atoms with Crippen LogP contribution >= 0.6 is 0 Å². The van der Waals surface area contributed by atoms with Crippen LogP contribution in [0.3, 0.4) is 0 Å². The third kappa shape index (κ3) is 3.09. The molecule has 0 unspecified atom stereocenters. The molecule has 0 amide bonds. The Hall–Kier alpha value is -2.31. The Balaban J connectivity index is 1.70. The summed E-state index contributed by atoms with van der Waals surface area (Å²) in [5.41, 5.74) is 0.419. The Morgan fingerprint density at radius 2 is 2.11 bits per heavy atom. The van der Waals surface area contributed by atoms with Crippen molar-refractivity contribution in [3.8, 4) is 0 Å². The Morgan fingerprint density at radius 1 is 1.39 bits per heavy atom. The molecule has 1 heterocycles. The highest BCUT2D eigenvalue weighted by atomic mass is 16.8. The summed E-state index contributed by atoms with van der Waals surface area (Å²) in [6.07, 6.45) is 0.969. The van der Waals surface area contributed by atoms with Crippen LogP contribution in [0, 0.1) is 5.21 Å². The fourth-order valence-corrected chi connectivity index (χ4v) is 1.33. The van der Waals surface area contributed by atoms with Crippen molar-refractivity contribution < 1.29 is 19.3 Å². The maximum absolute atomic E-state index is 11.4. The molecule has 1 aliphatic rings. The van der Waals surface area contributed by atoms with E-state index < -0.39 is 5.97 Å². The number of benzene rings is 1. The van der Waals surface area contributed by atoms with Gasteiger partial charge in [-0.1, -0.05) is 18.2 Å². The molecule has 1 aliphatic heterocycles. The molecule has 7 heteroatoms. The van der Waals surface area contributed by atoms with Crippen molar-refractivity contribution in [2.75, 3.05) is 19.9 Å². The highest BCUT2D eigenvalue weighted by Gasteiger charge is 2.21. The number of esters is 1. The van der Waals surface area contributed by atoms with Crippen LogP contribution in [0.4, 0.5) is 0 Å². The third-order valence-corrected chi connectivity index (χ3v) is 2.45. The van der Waals surface area contributed by atoms with Gasteiger partial charge in [-0.2, -0.15) is 0 Å². The first kappa shape index (κ1) is 12.2. The predicted molar refractivity (Wildman–Crippen MR) is 60.1 cm³/mol. The molecule has 0 aromatic heterocycles. The molecule has 2 rings (SSSR count). The van der Waals surface area contributed by atoms with Crippen LogP contribution in [0.1, 0.15) is 16.8 Å². The molecule has 1 saturated heterocycles. The van der Waals surface area contributed by atoms with Crippen LogP contribution in [0.25, 0.3) is 0 Å². The topological polar surface area (TPSA) is 77.2 Å². The van der Waals surface area contributed by atoms with Gasteiger partial charge in [0.2, 0.25) is 5.28 Å². The summed E-state index contributed by atoms with van der Waals surface area (Å²) in [6.45, 7) is 0.945.